The average molecular weight is 369 g/mol. The molecule has 2 aromatic rings. The van der Waals surface area contributed by atoms with Gasteiger partial charge in [0.1, 0.15) is 4.60 Å². The van der Waals surface area contributed by atoms with Gasteiger partial charge < -0.3 is 5.32 Å². The first-order chi connectivity index (χ1) is 10.0. The standard InChI is InChI=1S/C12H9BrN4O3S/c1-6(18)14-8-5-3-2-4-7(8)10(19)16-12-15-9(13)11(17-20)21-12/h2-5H,1H3,(H,14,18)(H,15,16,19). The molecule has 2 amide bonds. The van der Waals surface area contributed by atoms with Gasteiger partial charge in [-0.25, -0.2) is 4.98 Å². The summed E-state index contributed by atoms with van der Waals surface area (Å²) in [7, 11) is 0. The van der Waals surface area contributed by atoms with Crippen LogP contribution in [0.4, 0.5) is 15.8 Å². The third-order valence-corrected chi connectivity index (χ3v) is 4.02. The Morgan fingerprint density at radius 1 is 1.29 bits per heavy atom. The largest absolute Gasteiger partial charge is 0.326 e. The molecule has 0 spiro atoms. The van der Waals surface area contributed by atoms with Crippen molar-refractivity contribution in [2.24, 2.45) is 5.18 Å². The number of nitrogens with zero attached hydrogens (tertiary/aromatic N) is 2. The maximum atomic E-state index is 12.2. The zero-order chi connectivity index (χ0) is 15.4. The van der Waals surface area contributed by atoms with Crippen LogP contribution in [0.1, 0.15) is 17.3 Å². The van der Waals surface area contributed by atoms with Crippen molar-refractivity contribution in [3.05, 3.63) is 39.3 Å². The maximum absolute atomic E-state index is 12.2. The molecule has 7 nitrogen and oxygen atoms in total. The van der Waals surface area contributed by atoms with Crippen LogP contribution < -0.4 is 10.6 Å². The van der Waals surface area contributed by atoms with Gasteiger partial charge in [-0.05, 0) is 33.2 Å². The molecule has 0 aliphatic rings. The van der Waals surface area contributed by atoms with E-state index >= 15 is 0 Å². The SMILES string of the molecule is CC(=O)Nc1ccccc1C(=O)Nc1nc(Br)c(N=O)s1. The minimum Gasteiger partial charge on any atom is -0.326 e. The molecule has 0 fully saturated rings. The summed E-state index contributed by atoms with van der Waals surface area (Å²) in [6.07, 6.45) is 0. The fraction of sp³-hybridized carbons (Fsp3) is 0.0833. The van der Waals surface area contributed by atoms with E-state index in [1.165, 1.54) is 6.92 Å². The first-order valence-corrected chi connectivity index (χ1v) is 7.30. The van der Waals surface area contributed by atoms with E-state index in [0.29, 0.717) is 11.3 Å². The highest BCUT2D eigenvalue weighted by molar-refractivity contribution is 9.10. The number of carbonyl (C=O) groups excluding carboxylic acids is 2. The Labute approximate surface area is 131 Å². The van der Waals surface area contributed by atoms with Crippen LogP contribution in [0.2, 0.25) is 0 Å². The Balaban J connectivity index is 2.23. The van der Waals surface area contributed by atoms with Crippen molar-refractivity contribution >= 4 is 54.9 Å². The van der Waals surface area contributed by atoms with Crippen molar-refractivity contribution in [1.29, 1.82) is 0 Å². The molecule has 0 aliphatic heterocycles. The first-order valence-electron chi connectivity index (χ1n) is 5.69. The van der Waals surface area contributed by atoms with Crippen molar-refractivity contribution in [3.63, 3.8) is 0 Å². The molecule has 1 aromatic carbocycles. The van der Waals surface area contributed by atoms with Crippen LogP contribution in [0, 0.1) is 4.91 Å². The number of hydrogen-bond acceptors (Lipinski definition) is 6. The molecule has 1 aromatic heterocycles. The highest BCUT2D eigenvalue weighted by Gasteiger charge is 2.15. The van der Waals surface area contributed by atoms with Gasteiger partial charge >= 0.3 is 0 Å². The number of nitroso groups, excluding NO2 is 1. The van der Waals surface area contributed by atoms with E-state index < -0.39 is 5.91 Å². The molecule has 2 rings (SSSR count). The van der Waals surface area contributed by atoms with Crippen molar-refractivity contribution in [1.82, 2.24) is 4.98 Å². The van der Waals surface area contributed by atoms with Crippen LogP contribution in [0.15, 0.2) is 34.0 Å². The molecule has 0 saturated heterocycles. The summed E-state index contributed by atoms with van der Waals surface area (Å²) >= 11 is 4.01. The van der Waals surface area contributed by atoms with E-state index in [1.807, 2.05) is 0 Å². The quantitative estimate of drug-likeness (QED) is 0.806. The molecule has 0 unspecified atom stereocenters. The van der Waals surface area contributed by atoms with E-state index in [0.717, 1.165) is 11.3 Å². The fourth-order valence-corrected chi connectivity index (χ4v) is 2.79. The van der Waals surface area contributed by atoms with Gasteiger partial charge in [0, 0.05) is 6.92 Å². The molecular formula is C12H9BrN4O3S. The van der Waals surface area contributed by atoms with Crippen molar-refractivity contribution in [2.75, 3.05) is 10.6 Å². The number of halogens is 1. The van der Waals surface area contributed by atoms with E-state index in [1.54, 1.807) is 24.3 Å². The highest BCUT2D eigenvalue weighted by Crippen LogP contribution is 2.35. The second-order valence-corrected chi connectivity index (χ2v) is 5.62. The predicted molar refractivity (Wildman–Crippen MR) is 84.0 cm³/mol. The second-order valence-electron chi connectivity index (χ2n) is 3.89. The summed E-state index contributed by atoms with van der Waals surface area (Å²) in [6, 6.07) is 6.57. The summed E-state index contributed by atoms with van der Waals surface area (Å²) in [4.78, 5) is 37.8. The van der Waals surface area contributed by atoms with E-state index in [9.17, 15) is 14.5 Å². The van der Waals surface area contributed by atoms with Crippen LogP contribution in [0.3, 0.4) is 0 Å². The van der Waals surface area contributed by atoms with E-state index in [-0.39, 0.29) is 20.6 Å². The molecule has 9 heteroatoms. The summed E-state index contributed by atoms with van der Waals surface area (Å²) in [5.41, 5.74) is 0.687. The Bertz CT molecular complexity index is 716. The Morgan fingerprint density at radius 2 is 2.00 bits per heavy atom. The highest BCUT2D eigenvalue weighted by atomic mass is 79.9. The van der Waals surface area contributed by atoms with Gasteiger partial charge in [0.2, 0.25) is 5.91 Å². The zero-order valence-electron chi connectivity index (χ0n) is 10.7. The van der Waals surface area contributed by atoms with E-state index in [4.69, 9.17) is 0 Å². The second kappa shape index (κ2) is 6.55. The molecule has 2 N–H and O–H groups in total. The van der Waals surface area contributed by atoms with Crippen LogP contribution in [0.25, 0.3) is 0 Å². The van der Waals surface area contributed by atoms with E-state index in [2.05, 4.69) is 36.7 Å². The number of carbonyl (C=O) groups is 2. The van der Waals surface area contributed by atoms with Crippen LogP contribution in [0.5, 0.6) is 0 Å². The van der Waals surface area contributed by atoms with Gasteiger partial charge in [0.25, 0.3) is 5.91 Å². The number of benzene rings is 1. The van der Waals surface area contributed by atoms with Gasteiger partial charge in [0.05, 0.1) is 11.3 Å². The van der Waals surface area contributed by atoms with Gasteiger partial charge in [-0.3, -0.25) is 14.9 Å². The Hall–Kier alpha value is -2.13. The summed E-state index contributed by atoms with van der Waals surface area (Å²) in [6.45, 7) is 1.36. The van der Waals surface area contributed by atoms with Crippen LogP contribution in [-0.2, 0) is 4.79 Å². The maximum Gasteiger partial charge on any atom is 0.259 e. The lowest BCUT2D eigenvalue weighted by molar-refractivity contribution is -0.114. The molecule has 0 saturated carbocycles. The number of rotatable bonds is 4. The minimum atomic E-state index is -0.446. The van der Waals surface area contributed by atoms with Crippen LogP contribution in [-0.4, -0.2) is 16.8 Å². The van der Waals surface area contributed by atoms with Crippen molar-refractivity contribution in [2.45, 2.75) is 6.92 Å². The smallest absolute Gasteiger partial charge is 0.259 e. The van der Waals surface area contributed by atoms with Crippen LogP contribution >= 0.6 is 27.3 Å². The number of thiazole rings is 1. The number of hydrogen-bond donors (Lipinski definition) is 2. The third kappa shape index (κ3) is 3.70. The molecule has 0 radical (unpaired) electrons. The number of anilines is 2. The lowest BCUT2D eigenvalue weighted by Gasteiger charge is -2.08. The molecule has 0 bridgehead atoms. The summed E-state index contributed by atoms with van der Waals surface area (Å²) in [5.74, 6) is -0.724. The van der Waals surface area contributed by atoms with Gasteiger partial charge in [-0.1, -0.05) is 23.5 Å². The molecular weight excluding hydrogens is 360 g/mol. The molecule has 0 aliphatic carbocycles. The fourth-order valence-electron chi connectivity index (χ4n) is 1.55. The third-order valence-electron chi connectivity index (χ3n) is 2.36. The number of nitrogens with one attached hydrogen (secondary N) is 2. The minimum absolute atomic E-state index is 0.139. The lowest BCUT2D eigenvalue weighted by atomic mass is 10.1. The Kier molecular flexibility index (Phi) is 4.76. The number of aromatic nitrogens is 1. The lowest BCUT2D eigenvalue weighted by Crippen LogP contribution is -2.16. The molecule has 108 valence electrons. The van der Waals surface area contributed by atoms with Crippen molar-refractivity contribution in [3.8, 4) is 0 Å². The topological polar surface area (TPSA) is 101 Å². The molecule has 21 heavy (non-hydrogen) atoms. The van der Waals surface area contributed by atoms with Gasteiger partial charge in [-0.15, -0.1) is 4.91 Å². The normalized spacial score (nSPS) is 10.0. The number of amides is 2. The van der Waals surface area contributed by atoms with Crippen molar-refractivity contribution < 1.29 is 9.59 Å². The monoisotopic (exact) mass is 368 g/mol. The molecule has 0 atom stereocenters. The van der Waals surface area contributed by atoms with Gasteiger partial charge in [0.15, 0.2) is 10.1 Å². The predicted octanol–water partition coefficient (Wildman–Crippen LogP) is 3.51. The summed E-state index contributed by atoms with van der Waals surface area (Å²) in [5, 5.41) is 8.28. The first kappa shape index (κ1) is 15.3. The summed E-state index contributed by atoms with van der Waals surface area (Å²) < 4.78 is 0.271. The molecule has 1 heterocycles. The average Bonchev–Trinajstić information content (AvgIpc) is 2.78. The van der Waals surface area contributed by atoms with Gasteiger partial charge in [-0.2, -0.15) is 0 Å². The Morgan fingerprint density at radius 3 is 2.62 bits per heavy atom. The zero-order valence-corrected chi connectivity index (χ0v) is 13.1. The number of para-hydroxylation sites is 1.